The van der Waals surface area contributed by atoms with E-state index in [1.54, 1.807) is 0 Å². The van der Waals surface area contributed by atoms with Gasteiger partial charge >= 0.3 is 0 Å². The summed E-state index contributed by atoms with van der Waals surface area (Å²) in [5, 5.41) is 0. The zero-order chi connectivity index (χ0) is 9.95. The molecular weight excluding hydrogens is 190 g/mol. The molecule has 0 spiro atoms. The molecule has 1 aliphatic rings. The third-order valence-electron chi connectivity index (χ3n) is 2.55. The molecule has 0 atom stereocenters. The Labute approximate surface area is 79.4 Å². The molecule has 1 rings (SSSR count). The molecule has 0 aliphatic carbocycles. The van der Waals surface area contributed by atoms with Crippen molar-refractivity contribution < 1.29 is 13.2 Å². The predicted molar refractivity (Wildman–Crippen MR) is 51.3 cm³/mol. The summed E-state index contributed by atoms with van der Waals surface area (Å²) in [6.45, 7) is 1.70. The van der Waals surface area contributed by atoms with Crippen molar-refractivity contribution in [2.24, 2.45) is 11.1 Å². The maximum absolute atomic E-state index is 11.2. The van der Waals surface area contributed by atoms with Crippen LogP contribution in [0, 0.1) is 5.41 Å². The number of hydrogen-bond donors (Lipinski definition) is 1. The summed E-state index contributed by atoms with van der Waals surface area (Å²) in [5.74, 6) is 0.194. The van der Waals surface area contributed by atoms with E-state index in [4.69, 9.17) is 10.5 Å². The lowest BCUT2D eigenvalue weighted by atomic mass is 9.82. The third kappa shape index (κ3) is 3.25. The summed E-state index contributed by atoms with van der Waals surface area (Å²) >= 11 is 0. The first kappa shape index (κ1) is 10.9. The van der Waals surface area contributed by atoms with Crippen molar-refractivity contribution in [3.05, 3.63) is 0 Å². The fourth-order valence-corrected chi connectivity index (χ4v) is 3.29. The van der Waals surface area contributed by atoms with Crippen LogP contribution < -0.4 is 5.73 Å². The van der Waals surface area contributed by atoms with Crippen LogP contribution in [0.25, 0.3) is 0 Å². The van der Waals surface area contributed by atoms with E-state index in [1.807, 2.05) is 0 Å². The van der Waals surface area contributed by atoms with Crippen molar-refractivity contribution >= 4 is 9.84 Å². The summed E-state index contributed by atoms with van der Waals surface area (Å²) < 4.78 is 27.5. The smallest absolute Gasteiger partial charge is 0.148 e. The van der Waals surface area contributed by atoms with Crippen LogP contribution in [0.5, 0.6) is 0 Å². The van der Waals surface area contributed by atoms with Crippen LogP contribution in [0.1, 0.15) is 12.8 Å². The first-order chi connectivity index (χ1) is 5.97. The summed E-state index contributed by atoms with van der Waals surface area (Å²) in [6, 6.07) is 0. The normalized spacial score (nSPS) is 22.9. The summed E-state index contributed by atoms with van der Waals surface area (Å²) in [4.78, 5) is 0. The molecule has 4 nitrogen and oxygen atoms in total. The number of nitrogens with two attached hydrogens (primary N) is 1. The Balaban J connectivity index is 2.68. The molecule has 0 unspecified atom stereocenters. The van der Waals surface area contributed by atoms with Crippen LogP contribution in [-0.2, 0) is 14.6 Å². The Kier molecular flexibility index (Phi) is 3.32. The molecule has 2 N–H and O–H groups in total. The summed E-state index contributed by atoms with van der Waals surface area (Å²) in [5.41, 5.74) is 5.40. The van der Waals surface area contributed by atoms with Gasteiger partial charge in [0.25, 0.3) is 0 Å². The molecule has 0 bridgehead atoms. The van der Waals surface area contributed by atoms with Crippen LogP contribution in [0.3, 0.4) is 0 Å². The largest absolute Gasteiger partial charge is 0.381 e. The Morgan fingerprint density at radius 1 is 1.38 bits per heavy atom. The highest BCUT2D eigenvalue weighted by Gasteiger charge is 2.34. The van der Waals surface area contributed by atoms with Gasteiger partial charge in [-0.1, -0.05) is 0 Å². The van der Waals surface area contributed by atoms with Crippen molar-refractivity contribution in [3.8, 4) is 0 Å². The van der Waals surface area contributed by atoms with Gasteiger partial charge in [-0.2, -0.15) is 0 Å². The molecule has 0 aromatic heterocycles. The lowest BCUT2D eigenvalue weighted by Gasteiger charge is -2.35. The van der Waals surface area contributed by atoms with E-state index in [0.29, 0.717) is 19.8 Å². The second-order valence-electron chi connectivity index (χ2n) is 3.89. The highest BCUT2D eigenvalue weighted by atomic mass is 32.2. The predicted octanol–water partition coefficient (Wildman–Crippen LogP) is -0.213. The minimum Gasteiger partial charge on any atom is -0.381 e. The van der Waals surface area contributed by atoms with Gasteiger partial charge in [-0.05, 0) is 19.4 Å². The van der Waals surface area contributed by atoms with E-state index in [1.165, 1.54) is 6.26 Å². The molecule has 0 radical (unpaired) electrons. The van der Waals surface area contributed by atoms with E-state index in [2.05, 4.69) is 0 Å². The van der Waals surface area contributed by atoms with Gasteiger partial charge in [0.05, 0.1) is 5.75 Å². The Bertz CT molecular complexity index is 255. The Hall–Kier alpha value is -0.130. The van der Waals surface area contributed by atoms with Crippen LogP contribution in [0.15, 0.2) is 0 Å². The van der Waals surface area contributed by atoms with E-state index >= 15 is 0 Å². The number of rotatable bonds is 3. The number of ether oxygens (including phenoxy) is 1. The topological polar surface area (TPSA) is 69.4 Å². The fourth-order valence-electron chi connectivity index (χ4n) is 1.77. The average Bonchev–Trinajstić information content (AvgIpc) is 2.03. The lowest BCUT2D eigenvalue weighted by molar-refractivity contribution is 0.0296. The molecule has 1 saturated heterocycles. The summed E-state index contributed by atoms with van der Waals surface area (Å²) in [6.07, 6.45) is 2.78. The highest BCUT2D eigenvalue weighted by molar-refractivity contribution is 7.90. The molecular formula is C8H17NO3S. The minimum atomic E-state index is -2.93. The van der Waals surface area contributed by atoms with Crippen LogP contribution in [0.2, 0.25) is 0 Å². The van der Waals surface area contributed by atoms with E-state index in [-0.39, 0.29) is 11.2 Å². The first-order valence-corrected chi connectivity index (χ1v) is 6.49. The molecule has 0 amide bonds. The summed E-state index contributed by atoms with van der Waals surface area (Å²) in [7, 11) is -2.93. The standard InChI is InChI=1S/C8H17NO3S/c1-13(10,11)7-8(6-9)2-4-12-5-3-8/h2-7,9H2,1H3. The van der Waals surface area contributed by atoms with Crippen molar-refractivity contribution in [1.82, 2.24) is 0 Å². The maximum Gasteiger partial charge on any atom is 0.148 e. The van der Waals surface area contributed by atoms with Gasteiger partial charge in [0, 0.05) is 24.9 Å². The molecule has 1 aliphatic heterocycles. The van der Waals surface area contributed by atoms with Gasteiger partial charge in [0.15, 0.2) is 0 Å². The van der Waals surface area contributed by atoms with E-state index in [0.717, 1.165) is 12.8 Å². The van der Waals surface area contributed by atoms with Crippen LogP contribution in [-0.4, -0.2) is 40.2 Å². The highest BCUT2D eigenvalue weighted by Crippen LogP contribution is 2.30. The minimum absolute atomic E-state index is 0.194. The zero-order valence-electron chi connectivity index (χ0n) is 7.95. The van der Waals surface area contributed by atoms with Gasteiger partial charge in [-0.3, -0.25) is 0 Å². The number of sulfone groups is 1. The fraction of sp³-hybridized carbons (Fsp3) is 1.00. The van der Waals surface area contributed by atoms with Gasteiger partial charge in [-0.15, -0.1) is 0 Å². The molecule has 78 valence electrons. The molecule has 5 heteroatoms. The second kappa shape index (κ2) is 3.94. The van der Waals surface area contributed by atoms with Crippen molar-refractivity contribution in [2.45, 2.75) is 12.8 Å². The second-order valence-corrected chi connectivity index (χ2v) is 6.03. The van der Waals surface area contributed by atoms with Crippen molar-refractivity contribution in [1.29, 1.82) is 0 Å². The lowest BCUT2D eigenvalue weighted by Crippen LogP contribution is -2.41. The molecule has 13 heavy (non-hydrogen) atoms. The van der Waals surface area contributed by atoms with E-state index in [9.17, 15) is 8.42 Å². The molecule has 0 saturated carbocycles. The van der Waals surface area contributed by atoms with Crippen LogP contribution >= 0.6 is 0 Å². The maximum atomic E-state index is 11.2. The molecule has 1 heterocycles. The third-order valence-corrected chi connectivity index (χ3v) is 3.69. The zero-order valence-corrected chi connectivity index (χ0v) is 8.77. The van der Waals surface area contributed by atoms with Gasteiger partial charge < -0.3 is 10.5 Å². The van der Waals surface area contributed by atoms with E-state index < -0.39 is 9.84 Å². The molecule has 0 aromatic carbocycles. The molecule has 0 aromatic rings. The molecule has 1 fully saturated rings. The Morgan fingerprint density at radius 3 is 2.31 bits per heavy atom. The van der Waals surface area contributed by atoms with Gasteiger partial charge in [0.2, 0.25) is 0 Å². The SMILES string of the molecule is CS(=O)(=O)CC1(CN)CCOCC1. The number of hydrogen-bond acceptors (Lipinski definition) is 4. The quantitative estimate of drug-likeness (QED) is 0.695. The van der Waals surface area contributed by atoms with Crippen molar-refractivity contribution in [2.75, 3.05) is 31.8 Å². The average molecular weight is 207 g/mol. The van der Waals surface area contributed by atoms with Gasteiger partial charge in [0.1, 0.15) is 9.84 Å². The van der Waals surface area contributed by atoms with Gasteiger partial charge in [-0.25, -0.2) is 8.42 Å². The van der Waals surface area contributed by atoms with Crippen LogP contribution in [0.4, 0.5) is 0 Å². The Morgan fingerprint density at radius 2 is 1.92 bits per heavy atom. The first-order valence-electron chi connectivity index (χ1n) is 4.43. The van der Waals surface area contributed by atoms with Crippen molar-refractivity contribution in [3.63, 3.8) is 0 Å². The monoisotopic (exact) mass is 207 g/mol.